The molecule has 1 aliphatic rings. The highest BCUT2D eigenvalue weighted by atomic mass is 32.2. The Labute approximate surface area is 138 Å². The second-order valence-electron chi connectivity index (χ2n) is 4.98. The lowest BCUT2D eigenvalue weighted by atomic mass is 10.3. The van der Waals surface area contributed by atoms with Gasteiger partial charge in [0.25, 0.3) is 0 Å². The Hall–Kier alpha value is -2.21. The molecule has 1 heterocycles. The molecule has 0 aliphatic carbocycles. The third-order valence-corrected chi connectivity index (χ3v) is 4.23. The number of anilines is 1. The topological polar surface area (TPSA) is 47.6 Å². The number of fused-ring (bicyclic) bond motifs is 1. The van der Waals surface area contributed by atoms with Crippen molar-refractivity contribution in [1.82, 2.24) is 0 Å². The first-order valence-corrected chi connectivity index (χ1v) is 8.28. The second kappa shape index (κ2) is 7.37. The molecule has 120 valence electrons. The van der Waals surface area contributed by atoms with E-state index in [2.05, 4.69) is 5.32 Å². The average Bonchev–Trinajstić information content (AvgIpc) is 2.80. The van der Waals surface area contributed by atoms with Gasteiger partial charge in [0.2, 0.25) is 5.91 Å². The van der Waals surface area contributed by atoms with Crippen LogP contribution in [0, 0.1) is 5.82 Å². The number of hydrogen-bond acceptors (Lipinski definition) is 4. The minimum absolute atomic E-state index is 0.188. The number of para-hydroxylation sites is 1. The van der Waals surface area contributed by atoms with Gasteiger partial charge < -0.3 is 14.8 Å². The highest BCUT2D eigenvalue weighted by molar-refractivity contribution is 8.00. The maximum Gasteiger partial charge on any atom is 0.234 e. The van der Waals surface area contributed by atoms with Crippen LogP contribution in [0.25, 0.3) is 0 Å². The van der Waals surface area contributed by atoms with Gasteiger partial charge in [0.05, 0.1) is 24.7 Å². The number of thioether (sulfide) groups is 1. The van der Waals surface area contributed by atoms with Crippen LogP contribution in [0.4, 0.5) is 10.1 Å². The molecule has 2 aromatic rings. The van der Waals surface area contributed by atoms with E-state index in [9.17, 15) is 9.18 Å². The monoisotopic (exact) mass is 333 g/mol. The summed E-state index contributed by atoms with van der Waals surface area (Å²) in [6.07, 6.45) is 0.849. The lowest BCUT2D eigenvalue weighted by Gasteiger charge is -2.09. The second-order valence-corrected chi connectivity index (χ2v) is 6.02. The van der Waals surface area contributed by atoms with Crippen molar-refractivity contribution in [2.24, 2.45) is 0 Å². The Morgan fingerprint density at radius 1 is 1.13 bits per heavy atom. The van der Waals surface area contributed by atoms with E-state index in [0.717, 1.165) is 17.1 Å². The summed E-state index contributed by atoms with van der Waals surface area (Å²) in [5, 5.41) is 2.56. The highest BCUT2D eigenvalue weighted by Gasteiger charge is 2.12. The van der Waals surface area contributed by atoms with Gasteiger partial charge in [-0.3, -0.25) is 4.79 Å². The minimum atomic E-state index is -0.443. The smallest absolute Gasteiger partial charge is 0.234 e. The Bertz CT molecular complexity index is 708. The van der Waals surface area contributed by atoms with E-state index < -0.39 is 5.82 Å². The van der Waals surface area contributed by atoms with E-state index in [1.165, 1.54) is 23.9 Å². The minimum Gasteiger partial charge on any atom is -0.490 e. The number of ether oxygens (including phenoxy) is 2. The zero-order valence-electron chi connectivity index (χ0n) is 12.4. The molecule has 2 aromatic carbocycles. The fourth-order valence-electron chi connectivity index (χ4n) is 2.13. The van der Waals surface area contributed by atoms with E-state index in [1.54, 1.807) is 12.1 Å². The number of amides is 1. The molecule has 0 radical (unpaired) electrons. The van der Waals surface area contributed by atoms with Crippen molar-refractivity contribution in [1.29, 1.82) is 0 Å². The van der Waals surface area contributed by atoms with E-state index >= 15 is 0 Å². The number of benzene rings is 2. The van der Waals surface area contributed by atoms with Crippen LogP contribution < -0.4 is 14.8 Å². The molecule has 23 heavy (non-hydrogen) atoms. The van der Waals surface area contributed by atoms with Gasteiger partial charge in [0.15, 0.2) is 11.5 Å². The molecule has 1 amide bonds. The van der Waals surface area contributed by atoms with Crippen molar-refractivity contribution >= 4 is 23.4 Å². The summed E-state index contributed by atoms with van der Waals surface area (Å²) in [4.78, 5) is 12.8. The van der Waals surface area contributed by atoms with Gasteiger partial charge in [-0.05, 0) is 30.3 Å². The molecule has 1 aliphatic heterocycles. The van der Waals surface area contributed by atoms with Crippen LogP contribution in [-0.2, 0) is 4.79 Å². The van der Waals surface area contributed by atoms with Gasteiger partial charge in [-0.25, -0.2) is 4.39 Å². The zero-order chi connectivity index (χ0) is 16.1. The fraction of sp³-hybridized carbons (Fsp3) is 0.235. The molecule has 3 rings (SSSR count). The van der Waals surface area contributed by atoms with Gasteiger partial charge in [-0.1, -0.05) is 12.1 Å². The average molecular weight is 333 g/mol. The number of nitrogens with one attached hydrogen (secondary N) is 1. The maximum atomic E-state index is 13.5. The first-order chi connectivity index (χ1) is 11.2. The maximum absolute atomic E-state index is 13.5. The number of carbonyl (C=O) groups is 1. The van der Waals surface area contributed by atoms with Crippen molar-refractivity contribution in [3.8, 4) is 11.5 Å². The molecule has 0 bridgehead atoms. The predicted molar refractivity (Wildman–Crippen MR) is 87.8 cm³/mol. The number of halogens is 1. The molecule has 0 spiro atoms. The van der Waals surface area contributed by atoms with Gasteiger partial charge in [-0.2, -0.15) is 0 Å². The Balaban J connectivity index is 1.59. The first kappa shape index (κ1) is 15.7. The SMILES string of the molecule is O=C(CSc1ccc2c(c1)OCCCO2)Nc1ccccc1F. The van der Waals surface area contributed by atoms with Crippen molar-refractivity contribution in [3.05, 3.63) is 48.3 Å². The molecule has 0 saturated carbocycles. The zero-order valence-corrected chi connectivity index (χ0v) is 13.2. The molecule has 1 N–H and O–H groups in total. The summed E-state index contributed by atoms with van der Waals surface area (Å²) in [5.74, 6) is 0.909. The summed E-state index contributed by atoms with van der Waals surface area (Å²) in [7, 11) is 0. The van der Waals surface area contributed by atoms with Crippen LogP contribution in [0.5, 0.6) is 11.5 Å². The molecular formula is C17H16FNO3S. The van der Waals surface area contributed by atoms with Gasteiger partial charge in [-0.15, -0.1) is 11.8 Å². The normalized spacial score (nSPS) is 13.3. The largest absolute Gasteiger partial charge is 0.490 e. The Morgan fingerprint density at radius 2 is 1.91 bits per heavy atom. The molecule has 6 heteroatoms. The van der Waals surface area contributed by atoms with E-state index in [4.69, 9.17) is 9.47 Å². The molecular weight excluding hydrogens is 317 g/mol. The van der Waals surface area contributed by atoms with E-state index in [1.807, 2.05) is 18.2 Å². The summed E-state index contributed by atoms with van der Waals surface area (Å²) in [6, 6.07) is 11.7. The molecule has 0 atom stereocenters. The molecule has 0 saturated heterocycles. The Morgan fingerprint density at radius 3 is 2.74 bits per heavy atom. The number of hydrogen-bond donors (Lipinski definition) is 1. The summed E-state index contributed by atoms with van der Waals surface area (Å²) in [6.45, 7) is 1.26. The van der Waals surface area contributed by atoms with E-state index in [-0.39, 0.29) is 17.3 Å². The van der Waals surface area contributed by atoms with Crippen LogP contribution in [-0.4, -0.2) is 24.9 Å². The highest BCUT2D eigenvalue weighted by Crippen LogP contribution is 2.33. The predicted octanol–water partition coefficient (Wildman–Crippen LogP) is 3.72. The molecule has 4 nitrogen and oxygen atoms in total. The van der Waals surface area contributed by atoms with Crippen LogP contribution >= 0.6 is 11.8 Å². The third-order valence-electron chi connectivity index (χ3n) is 3.24. The molecule has 0 fully saturated rings. The standard InChI is InChI=1S/C17H16FNO3S/c18-13-4-1-2-5-14(13)19-17(20)11-23-12-6-7-15-16(10-12)22-9-3-8-21-15/h1-2,4-7,10H,3,8-9,11H2,(H,19,20). The van der Waals surface area contributed by atoms with Gasteiger partial charge in [0, 0.05) is 11.3 Å². The quantitative estimate of drug-likeness (QED) is 0.867. The number of carbonyl (C=O) groups excluding carboxylic acids is 1. The summed E-state index contributed by atoms with van der Waals surface area (Å²) < 4.78 is 24.7. The first-order valence-electron chi connectivity index (χ1n) is 7.29. The van der Waals surface area contributed by atoms with Crippen molar-refractivity contribution in [2.75, 3.05) is 24.3 Å². The summed E-state index contributed by atoms with van der Waals surface area (Å²) in [5.41, 5.74) is 0.191. The van der Waals surface area contributed by atoms with Gasteiger partial charge >= 0.3 is 0 Å². The van der Waals surface area contributed by atoms with Crippen LogP contribution in [0.1, 0.15) is 6.42 Å². The van der Waals surface area contributed by atoms with Crippen molar-refractivity contribution < 1.29 is 18.7 Å². The van der Waals surface area contributed by atoms with Crippen molar-refractivity contribution in [2.45, 2.75) is 11.3 Å². The van der Waals surface area contributed by atoms with E-state index in [0.29, 0.717) is 19.0 Å². The molecule has 0 aromatic heterocycles. The summed E-state index contributed by atoms with van der Waals surface area (Å²) >= 11 is 1.36. The van der Waals surface area contributed by atoms with Crippen LogP contribution in [0.2, 0.25) is 0 Å². The van der Waals surface area contributed by atoms with Crippen molar-refractivity contribution in [3.63, 3.8) is 0 Å². The fourth-order valence-corrected chi connectivity index (χ4v) is 2.86. The van der Waals surface area contributed by atoms with Crippen LogP contribution in [0.3, 0.4) is 0 Å². The van der Waals surface area contributed by atoms with Crippen LogP contribution in [0.15, 0.2) is 47.4 Å². The lowest BCUT2D eigenvalue weighted by Crippen LogP contribution is -2.14. The lowest BCUT2D eigenvalue weighted by molar-refractivity contribution is -0.113. The van der Waals surface area contributed by atoms with Gasteiger partial charge in [0.1, 0.15) is 5.82 Å². The number of rotatable bonds is 4. The molecule has 0 unspecified atom stereocenters. The third kappa shape index (κ3) is 4.16. The Kier molecular flexibility index (Phi) is 5.02.